The molecular formula is C15H21NO2. The van der Waals surface area contributed by atoms with Crippen molar-refractivity contribution in [2.24, 2.45) is 5.92 Å². The van der Waals surface area contributed by atoms with Gasteiger partial charge in [0.05, 0.1) is 5.92 Å². The Bertz CT molecular complexity index is 426. The number of nitrogens with zero attached hydrogens (tertiary/aromatic N) is 1. The van der Waals surface area contributed by atoms with Crippen LogP contribution in [-0.2, 0) is 11.3 Å². The number of benzene rings is 1. The van der Waals surface area contributed by atoms with Crippen molar-refractivity contribution in [2.45, 2.75) is 32.2 Å². The Labute approximate surface area is 108 Å². The van der Waals surface area contributed by atoms with Gasteiger partial charge in [-0.2, -0.15) is 0 Å². The molecule has 0 amide bonds. The molecule has 0 radical (unpaired) electrons. The second-order valence-electron chi connectivity index (χ2n) is 5.41. The van der Waals surface area contributed by atoms with Crippen LogP contribution in [0.3, 0.4) is 0 Å². The molecule has 3 nitrogen and oxygen atoms in total. The fourth-order valence-electron chi connectivity index (χ4n) is 2.37. The average molecular weight is 247 g/mol. The number of rotatable bonds is 6. The van der Waals surface area contributed by atoms with Crippen LogP contribution < -0.4 is 0 Å². The quantitative estimate of drug-likeness (QED) is 0.840. The maximum absolute atomic E-state index is 10.8. The summed E-state index contributed by atoms with van der Waals surface area (Å²) in [5, 5.41) is 8.92. The van der Waals surface area contributed by atoms with Crippen LogP contribution in [0.2, 0.25) is 0 Å². The molecular weight excluding hydrogens is 226 g/mol. The minimum absolute atomic E-state index is 0.317. The highest BCUT2D eigenvalue weighted by atomic mass is 16.4. The lowest BCUT2D eigenvalue weighted by molar-refractivity contribution is -0.141. The number of carboxylic acids is 1. The van der Waals surface area contributed by atoms with Gasteiger partial charge in [-0.05, 0) is 36.9 Å². The summed E-state index contributed by atoms with van der Waals surface area (Å²) in [5.41, 5.74) is 2.80. The molecule has 0 spiro atoms. The zero-order chi connectivity index (χ0) is 13.1. The third kappa shape index (κ3) is 3.33. The van der Waals surface area contributed by atoms with Crippen molar-refractivity contribution < 1.29 is 9.90 Å². The first-order valence-corrected chi connectivity index (χ1v) is 6.57. The van der Waals surface area contributed by atoms with E-state index in [1.54, 1.807) is 6.92 Å². The monoisotopic (exact) mass is 247 g/mol. The summed E-state index contributed by atoms with van der Waals surface area (Å²) in [4.78, 5) is 12.9. The van der Waals surface area contributed by atoms with Crippen LogP contribution in [-0.4, -0.2) is 29.6 Å². The van der Waals surface area contributed by atoms with E-state index in [1.807, 2.05) is 7.05 Å². The molecule has 0 aromatic heterocycles. The van der Waals surface area contributed by atoms with E-state index in [9.17, 15) is 4.79 Å². The molecule has 1 atom stereocenters. The van der Waals surface area contributed by atoms with Gasteiger partial charge in [0.25, 0.3) is 0 Å². The molecule has 1 aromatic rings. The van der Waals surface area contributed by atoms with Gasteiger partial charge >= 0.3 is 5.97 Å². The molecule has 18 heavy (non-hydrogen) atoms. The average Bonchev–Trinajstić information content (AvgIpc) is 3.13. The zero-order valence-electron chi connectivity index (χ0n) is 11.1. The van der Waals surface area contributed by atoms with Gasteiger partial charge < -0.3 is 10.0 Å². The van der Waals surface area contributed by atoms with E-state index >= 15 is 0 Å². The first-order chi connectivity index (χ1) is 8.58. The lowest BCUT2D eigenvalue weighted by Crippen LogP contribution is -2.28. The highest BCUT2D eigenvalue weighted by Gasteiger charge is 2.26. The molecule has 1 N–H and O–H groups in total. The van der Waals surface area contributed by atoms with Gasteiger partial charge in [0.2, 0.25) is 0 Å². The van der Waals surface area contributed by atoms with E-state index in [4.69, 9.17) is 5.11 Å². The Balaban J connectivity index is 1.98. The summed E-state index contributed by atoms with van der Waals surface area (Å²) in [5.74, 6) is -0.299. The van der Waals surface area contributed by atoms with Crippen LogP contribution >= 0.6 is 0 Å². The van der Waals surface area contributed by atoms with E-state index in [0.717, 1.165) is 12.5 Å². The third-order valence-electron chi connectivity index (χ3n) is 3.52. The molecule has 1 unspecified atom stereocenters. The smallest absolute Gasteiger partial charge is 0.307 e. The Hall–Kier alpha value is -1.35. The largest absolute Gasteiger partial charge is 0.481 e. The summed E-state index contributed by atoms with van der Waals surface area (Å²) in [7, 11) is 1.99. The number of hydrogen-bond donors (Lipinski definition) is 1. The SMILES string of the molecule is CC(CN(C)Cc1ccccc1C1CC1)C(=O)O. The summed E-state index contributed by atoms with van der Waals surface area (Å²) in [6.45, 7) is 3.18. The molecule has 0 saturated heterocycles. The van der Waals surface area contributed by atoms with E-state index in [1.165, 1.54) is 24.0 Å². The first kappa shape index (κ1) is 13.1. The lowest BCUT2D eigenvalue weighted by Gasteiger charge is -2.20. The second-order valence-corrected chi connectivity index (χ2v) is 5.41. The summed E-state index contributed by atoms with van der Waals surface area (Å²) in [6.07, 6.45) is 2.60. The molecule has 0 bridgehead atoms. The van der Waals surface area contributed by atoms with Gasteiger partial charge in [-0.3, -0.25) is 4.79 Å². The van der Waals surface area contributed by atoms with Crippen molar-refractivity contribution in [3.63, 3.8) is 0 Å². The molecule has 1 fully saturated rings. The zero-order valence-corrected chi connectivity index (χ0v) is 11.1. The topological polar surface area (TPSA) is 40.5 Å². The van der Waals surface area contributed by atoms with E-state index < -0.39 is 5.97 Å². The highest BCUT2D eigenvalue weighted by Crippen LogP contribution is 2.41. The standard InChI is InChI=1S/C15H21NO2/c1-11(15(17)18)9-16(2)10-13-5-3-4-6-14(13)12-7-8-12/h3-6,11-12H,7-10H2,1-2H3,(H,17,18). The molecule has 1 aliphatic rings. The number of carbonyl (C=O) groups is 1. The number of carboxylic acid groups (broad SMARTS) is 1. The molecule has 2 rings (SSSR count). The maximum atomic E-state index is 10.8. The molecule has 0 heterocycles. The number of aliphatic carboxylic acids is 1. The van der Waals surface area contributed by atoms with Crippen molar-refractivity contribution in [1.82, 2.24) is 4.90 Å². The van der Waals surface area contributed by atoms with Crippen LogP contribution in [0.15, 0.2) is 24.3 Å². The minimum atomic E-state index is -0.725. The van der Waals surface area contributed by atoms with Crippen molar-refractivity contribution in [3.8, 4) is 0 Å². The Morgan fingerprint density at radius 1 is 1.44 bits per heavy atom. The van der Waals surface area contributed by atoms with Gasteiger partial charge in [-0.1, -0.05) is 31.2 Å². The normalized spacial score (nSPS) is 16.8. The summed E-state index contributed by atoms with van der Waals surface area (Å²) < 4.78 is 0. The third-order valence-corrected chi connectivity index (χ3v) is 3.52. The fourth-order valence-corrected chi connectivity index (χ4v) is 2.37. The Morgan fingerprint density at radius 2 is 2.11 bits per heavy atom. The highest BCUT2D eigenvalue weighted by molar-refractivity contribution is 5.69. The molecule has 1 aliphatic carbocycles. The van der Waals surface area contributed by atoms with Crippen LogP contribution in [0.4, 0.5) is 0 Å². The van der Waals surface area contributed by atoms with E-state index in [0.29, 0.717) is 6.54 Å². The summed E-state index contributed by atoms with van der Waals surface area (Å²) in [6, 6.07) is 8.53. The van der Waals surface area contributed by atoms with Crippen LogP contribution in [0.25, 0.3) is 0 Å². The second kappa shape index (κ2) is 5.53. The predicted molar refractivity (Wildman–Crippen MR) is 71.6 cm³/mol. The maximum Gasteiger partial charge on any atom is 0.307 e. The van der Waals surface area contributed by atoms with Gasteiger partial charge in [0, 0.05) is 13.1 Å². The van der Waals surface area contributed by atoms with Crippen molar-refractivity contribution in [1.29, 1.82) is 0 Å². The van der Waals surface area contributed by atoms with Crippen molar-refractivity contribution >= 4 is 5.97 Å². The van der Waals surface area contributed by atoms with Gasteiger partial charge in [0.15, 0.2) is 0 Å². The molecule has 1 aromatic carbocycles. The van der Waals surface area contributed by atoms with Crippen molar-refractivity contribution in [3.05, 3.63) is 35.4 Å². The van der Waals surface area contributed by atoms with E-state index in [-0.39, 0.29) is 5.92 Å². The molecule has 0 aliphatic heterocycles. The first-order valence-electron chi connectivity index (χ1n) is 6.57. The minimum Gasteiger partial charge on any atom is -0.481 e. The molecule has 3 heteroatoms. The van der Waals surface area contributed by atoms with Crippen LogP contribution in [0, 0.1) is 5.92 Å². The van der Waals surface area contributed by atoms with Crippen LogP contribution in [0.1, 0.15) is 36.8 Å². The van der Waals surface area contributed by atoms with Crippen molar-refractivity contribution in [2.75, 3.05) is 13.6 Å². The predicted octanol–water partition coefficient (Wildman–Crippen LogP) is 2.72. The van der Waals surface area contributed by atoms with E-state index in [2.05, 4.69) is 29.2 Å². The Morgan fingerprint density at radius 3 is 2.72 bits per heavy atom. The van der Waals surface area contributed by atoms with Crippen LogP contribution in [0.5, 0.6) is 0 Å². The Kier molecular flexibility index (Phi) is 4.02. The van der Waals surface area contributed by atoms with Gasteiger partial charge in [-0.25, -0.2) is 0 Å². The van der Waals surface area contributed by atoms with Gasteiger partial charge in [-0.15, -0.1) is 0 Å². The van der Waals surface area contributed by atoms with Gasteiger partial charge in [0.1, 0.15) is 0 Å². The molecule has 1 saturated carbocycles. The number of hydrogen-bond acceptors (Lipinski definition) is 2. The fraction of sp³-hybridized carbons (Fsp3) is 0.533. The molecule has 98 valence electrons. The summed E-state index contributed by atoms with van der Waals surface area (Å²) >= 11 is 0. The lowest BCUT2D eigenvalue weighted by atomic mass is 10.0.